The van der Waals surface area contributed by atoms with Gasteiger partial charge in [0.25, 0.3) is 0 Å². The lowest BCUT2D eigenvalue weighted by Gasteiger charge is -2.35. The van der Waals surface area contributed by atoms with E-state index in [0.29, 0.717) is 39.3 Å². The van der Waals surface area contributed by atoms with Crippen molar-refractivity contribution in [2.45, 2.75) is 40.2 Å². The van der Waals surface area contributed by atoms with Gasteiger partial charge in [-0.1, -0.05) is 13.8 Å². The lowest BCUT2D eigenvalue weighted by atomic mass is 9.71. The number of carbonyl (C=O) groups excluding carboxylic acids is 1. The van der Waals surface area contributed by atoms with Crippen LogP contribution in [-0.4, -0.2) is 87.9 Å². The minimum atomic E-state index is -3.12. The van der Waals surface area contributed by atoms with Crippen molar-refractivity contribution in [2.75, 3.05) is 68.4 Å². The Bertz CT molecular complexity index is 978. The highest BCUT2D eigenvalue weighted by Crippen LogP contribution is 2.52. The van der Waals surface area contributed by atoms with E-state index in [0.717, 1.165) is 18.8 Å². The molecule has 8 nitrogen and oxygen atoms in total. The van der Waals surface area contributed by atoms with Crippen molar-refractivity contribution < 1.29 is 17.9 Å². The molecule has 3 aliphatic heterocycles. The largest absolute Gasteiger partial charge is 0.444 e. The molecule has 0 saturated carbocycles. The Morgan fingerprint density at radius 2 is 1.30 bits per heavy atom. The van der Waals surface area contributed by atoms with E-state index in [9.17, 15) is 13.2 Å². The van der Waals surface area contributed by atoms with E-state index in [2.05, 4.69) is 47.9 Å². The average molecular weight is 479 g/mol. The molecule has 0 bridgehead atoms. The third kappa shape index (κ3) is 4.80. The molecule has 3 fully saturated rings. The predicted molar refractivity (Wildman–Crippen MR) is 131 cm³/mol. The maximum absolute atomic E-state index is 12.6. The number of rotatable bonds is 3. The fourth-order valence-electron chi connectivity index (χ4n) is 5.45. The molecule has 2 unspecified atom stereocenters. The van der Waals surface area contributed by atoms with Gasteiger partial charge in [0.05, 0.1) is 6.26 Å². The van der Waals surface area contributed by atoms with Crippen LogP contribution in [0.1, 0.15) is 34.6 Å². The van der Waals surface area contributed by atoms with Gasteiger partial charge in [0.1, 0.15) is 5.60 Å². The Kier molecular flexibility index (Phi) is 5.88. The minimum absolute atomic E-state index is 0.00451. The third-order valence-corrected chi connectivity index (χ3v) is 8.86. The molecule has 1 aromatic rings. The first kappa shape index (κ1) is 24.1. The fourth-order valence-corrected chi connectivity index (χ4v) is 6.28. The maximum Gasteiger partial charge on any atom is 0.410 e. The first-order chi connectivity index (χ1) is 15.2. The highest BCUT2D eigenvalue weighted by molar-refractivity contribution is 7.88. The number of likely N-dealkylation sites (tertiary alicyclic amines) is 1. The molecule has 3 aliphatic rings. The highest BCUT2D eigenvalue weighted by Gasteiger charge is 2.59. The van der Waals surface area contributed by atoms with Crippen LogP contribution >= 0.6 is 0 Å². The molecule has 1 aromatic carbocycles. The summed E-state index contributed by atoms with van der Waals surface area (Å²) in [5, 5.41) is 0. The summed E-state index contributed by atoms with van der Waals surface area (Å²) >= 11 is 0. The molecule has 0 spiro atoms. The first-order valence-corrected chi connectivity index (χ1v) is 13.6. The second-order valence-electron chi connectivity index (χ2n) is 11.5. The van der Waals surface area contributed by atoms with E-state index in [-0.39, 0.29) is 16.9 Å². The molecular formula is C24H38N4O4S. The van der Waals surface area contributed by atoms with Crippen LogP contribution in [0.3, 0.4) is 0 Å². The zero-order valence-corrected chi connectivity index (χ0v) is 21.6. The molecule has 0 aromatic heterocycles. The number of hydrogen-bond donors (Lipinski definition) is 0. The van der Waals surface area contributed by atoms with Crippen molar-refractivity contribution in [1.82, 2.24) is 9.21 Å². The van der Waals surface area contributed by atoms with Crippen molar-refractivity contribution in [3.05, 3.63) is 24.3 Å². The van der Waals surface area contributed by atoms with E-state index in [1.54, 1.807) is 4.31 Å². The summed E-state index contributed by atoms with van der Waals surface area (Å²) in [6, 6.07) is 8.60. The topological polar surface area (TPSA) is 73.4 Å². The summed E-state index contributed by atoms with van der Waals surface area (Å²) in [7, 11) is -3.12. The highest BCUT2D eigenvalue weighted by atomic mass is 32.2. The smallest absolute Gasteiger partial charge is 0.410 e. The lowest BCUT2D eigenvalue weighted by Crippen LogP contribution is -2.48. The summed E-state index contributed by atoms with van der Waals surface area (Å²) in [6.45, 7) is 15.9. The number of amides is 1. The van der Waals surface area contributed by atoms with Gasteiger partial charge in [0.2, 0.25) is 10.0 Å². The molecule has 2 atom stereocenters. The zero-order valence-electron chi connectivity index (χ0n) is 20.8. The van der Waals surface area contributed by atoms with Crippen LogP contribution < -0.4 is 9.80 Å². The van der Waals surface area contributed by atoms with Crippen molar-refractivity contribution in [2.24, 2.45) is 10.8 Å². The van der Waals surface area contributed by atoms with Crippen LogP contribution in [-0.2, 0) is 14.8 Å². The molecule has 1 amide bonds. The summed E-state index contributed by atoms with van der Waals surface area (Å²) in [4.78, 5) is 19.2. The van der Waals surface area contributed by atoms with E-state index < -0.39 is 15.6 Å². The Morgan fingerprint density at radius 3 is 1.73 bits per heavy atom. The van der Waals surface area contributed by atoms with Crippen LogP contribution in [0.25, 0.3) is 0 Å². The second kappa shape index (κ2) is 8.05. The van der Waals surface area contributed by atoms with Gasteiger partial charge in [-0.15, -0.1) is 0 Å². The molecule has 3 saturated heterocycles. The van der Waals surface area contributed by atoms with Crippen molar-refractivity contribution in [1.29, 1.82) is 0 Å². The van der Waals surface area contributed by atoms with E-state index in [1.807, 2.05) is 25.7 Å². The van der Waals surface area contributed by atoms with Gasteiger partial charge in [-0.25, -0.2) is 13.2 Å². The van der Waals surface area contributed by atoms with Gasteiger partial charge < -0.3 is 19.4 Å². The summed E-state index contributed by atoms with van der Waals surface area (Å²) in [5.74, 6) is 0. The van der Waals surface area contributed by atoms with Crippen LogP contribution in [0.15, 0.2) is 24.3 Å². The van der Waals surface area contributed by atoms with Crippen molar-refractivity contribution in [3.8, 4) is 0 Å². The molecule has 9 heteroatoms. The van der Waals surface area contributed by atoms with E-state index >= 15 is 0 Å². The molecule has 0 aliphatic carbocycles. The number of piperazine rings is 1. The number of carbonyl (C=O) groups is 1. The van der Waals surface area contributed by atoms with Crippen LogP contribution in [0.4, 0.5) is 16.2 Å². The predicted octanol–water partition coefficient (Wildman–Crippen LogP) is 2.85. The maximum atomic E-state index is 12.6. The summed E-state index contributed by atoms with van der Waals surface area (Å²) < 4.78 is 30.7. The minimum Gasteiger partial charge on any atom is -0.444 e. The molecule has 184 valence electrons. The second-order valence-corrected chi connectivity index (χ2v) is 13.5. The summed E-state index contributed by atoms with van der Waals surface area (Å²) in [6.07, 6.45) is 1.06. The number of nitrogens with zero attached hydrogens (tertiary/aromatic N) is 4. The van der Waals surface area contributed by atoms with Gasteiger partial charge in [-0.2, -0.15) is 4.31 Å². The Morgan fingerprint density at radius 1 is 0.848 bits per heavy atom. The van der Waals surface area contributed by atoms with E-state index in [1.165, 1.54) is 11.9 Å². The standard InChI is InChI=1S/C24H38N4O4S/c1-22(2,3)32-21(29)27-17-23(4)15-26(16-24(23,5)18-27)20-9-7-19(8-10-20)25-11-13-28(14-12-25)33(6,30)31/h7-10H,11-18H2,1-6H3. The van der Waals surface area contributed by atoms with Gasteiger partial charge in [-0.3, -0.25) is 0 Å². The Hall–Kier alpha value is -2.00. The number of sulfonamides is 1. The Balaban J connectivity index is 1.39. The Labute approximate surface area is 198 Å². The molecule has 4 rings (SSSR count). The zero-order chi connectivity index (χ0) is 24.2. The summed E-state index contributed by atoms with van der Waals surface area (Å²) in [5.41, 5.74) is 1.84. The van der Waals surface area contributed by atoms with Crippen molar-refractivity contribution >= 4 is 27.5 Å². The number of ether oxygens (including phenoxy) is 1. The van der Waals surface area contributed by atoms with Crippen LogP contribution in [0.2, 0.25) is 0 Å². The number of hydrogen-bond acceptors (Lipinski definition) is 6. The molecule has 0 radical (unpaired) electrons. The van der Waals surface area contributed by atoms with Crippen LogP contribution in [0, 0.1) is 10.8 Å². The van der Waals surface area contributed by atoms with E-state index in [4.69, 9.17) is 4.74 Å². The van der Waals surface area contributed by atoms with Gasteiger partial charge in [0, 0.05) is 74.6 Å². The van der Waals surface area contributed by atoms with Crippen molar-refractivity contribution in [3.63, 3.8) is 0 Å². The molecule has 3 heterocycles. The van der Waals surface area contributed by atoms with Crippen LogP contribution in [0.5, 0.6) is 0 Å². The van der Waals surface area contributed by atoms with Gasteiger partial charge in [-0.05, 0) is 45.0 Å². The normalized spacial score (nSPS) is 28.8. The monoisotopic (exact) mass is 478 g/mol. The number of benzene rings is 1. The quantitative estimate of drug-likeness (QED) is 0.665. The SMILES string of the molecule is CC(C)(C)OC(=O)N1CC2(C)CN(c3ccc(N4CCN(S(C)(=O)=O)CC4)cc3)CC2(C)C1. The van der Waals surface area contributed by atoms with Gasteiger partial charge >= 0.3 is 6.09 Å². The van der Waals surface area contributed by atoms with Gasteiger partial charge in [0.15, 0.2) is 0 Å². The molecule has 0 N–H and O–H groups in total. The molecular weight excluding hydrogens is 440 g/mol. The number of anilines is 2. The fraction of sp³-hybridized carbons (Fsp3) is 0.708. The third-order valence-electron chi connectivity index (χ3n) is 7.56. The number of fused-ring (bicyclic) bond motifs is 1. The molecule has 33 heavy (non-hydrogen) atoms. The first-order valence-electron chi connectivity index (χ1n) is 11.7. The lowest BCUT2D eigenvalue weighted by molar-refractivity contribution is 0.0269. The average Bonchev–Trinajstić information content (AvgIpc) is 3.11.